The first-order valence-electron chi connectivity index (χ1n) is 11.0. The Morgan fingerprint density at radius 3 is 2.61 bits per heavy atom. The third kappa shape index (κ3) is 4.26. The number of likely N-dealkylation sites (tertiary alicyclic amines) is 1. The molecule has 1 aliphatic heterocycles. The number of aryl methyl sites for hydroxylation is 1. The van der Waals surface area contributed by atoms with E-state index < -0.39 is 12.2 Å². The number of carbonyl (C=O) groups is 2. The van der Waals surface area contributed by atoms with Crippen molar-refractivity contribution in [1.82, 2.24) is 9.47 Å². The number of nitrogens with zero attached hydrogens (tertiary/aromatic N) is 2. The Balaban J connectivity index is 1.26. The largest absolute Gasteiger partial charge is 0.444 e. The maximum Gasteiger partial charge on any atom is 0.411 e. The predicted molar refractivity (Wildman–Crippen MR) is 130 cm³/mol. The third-order valence-electron chi connectivity index (χ3n) is 6.07. The number of aromatic nitrogens is 1. The first-order chi connectivity index (χ1) is 16.0. The summed E-state index contributed by atoms with van der Waals surface area (Å²) < 4.78 is 7.82. The predicted octanol–water partition coefficient (Wildman–Crippen LogP) is 5.82. The minimum absolute atomic E-state index is 0.0310. The zero-order valence-corrected chi connectivity index (χ0v) is 19.0. The van der Waals surface area contributed by atoms with Crippen molar-refractivity contribution in [2.24, 2.45) is 0 Å². The Labute approximate surface area is 196 Å². The van der Waals surface area contributed by atoms with Crippen molar-refractivity contribution in [3.63, 3.8) is 0 Å². The second-order valence-corrected chi connectivity index (χ2v) is 8.69. The summed E-state index contributed by atoms with van der Waals surface area (Å²) in [5.74, 6) is -0.0310. The molecule has 2 heterocycles. The van der Waals surface area contributed by atoms with Crippen molar-refractivity contribution >= 4 is 51.1 Å². The second kappa shape index (κ2) is 8.79. The standard InChI is InChI=1S/C26H24ClN3O3/c1-2-30-23-6-4-3-5-21(23)22-13-19(11-12-24(22)30)28-26(32)33-20-14-25(31)29(16-20)15-17-7-9-18(27)10-8-17/h3-13,20H,2,14-16H2,1H3,(H,28,32). The summed E-state index contributed by atoms with van der Waals surface area (Å²) in [7, 11) is 0. The fraction of sp³-hybridized carbons (Fsp3) is 0.231. The fourth-order valence-corrected chi connectivity index (χ4v) is 4.67. The van der Waals surface area contributed by atoms with Gasteiger partial charge in [-0.15, -0.1) is 0 Å². The average molecular weight is 462 g/mol. The summed E-state index contributed by atoms with van der Waals surface area (Å²) in [4.78, 5) is 26.6. The highest BCUT2D eigenvalue weighted by atomic mass is 35.5. The van der Waals surface area contributed by atoms with Gasteiger partial charge in [-0.05, 0) is 48.9 Å². The van der Waals surface area contributed by atoms with E-state index in [2.05, 4.69) is 28.9 Å². The Morgan fingerprint density at radius 1 is 1.06 bits per heavy atom. The van der Waals surface area contributed by atoms with Crippen LogP contribution >= 0.6 is 11.6 Å². The van der Waals surface area contributed by atoms with Gasteiger partial charge in [-0.1, -0.05) is 41.9 Å². The summed E-state index contributed by atoms with van der Waals surface area (Å²) in [6.07, 6.45) is -0.848. The molecule has 0 spiro atoms. The number of nitrogens with one attached hydrogen (secondary N) is 1. The molecule has 168 valence electrons. The van der Waals surface area contributed by atoms with Crippen molar-refractivity contribution in [2.75, 3.05) is 11.9 Å². The van der Waals surface area contributed by atoms with Crippen molar-refractivity contribution < 1.29 is 14.3 Å². The zero-order valence-electron chi connectivity index (χ0n) is 18.3. The van der Waals surface area contributed by atoms with Crippen LogP contribution in [0.4, 0.5) is 10.5 Å². The molecule has 2 amide bonds. The molecule has 6 nitrogen and oxygen atoms in total. The van der Waals surface area contributed by atoms with Gasteiger partial charge in [-0.3, -0.25) is 10.1 Å². The van der Waals surface area contributed by atoms with Crippen molar-refractivity contribution in [3.8, 4) is 0 Å². The van der Waals surface area contributed by atoms with E-state index in [1.165, 1.54) is 5.52 Å². The summed E-state index contributed by atoms with van der Waals surface area (Å²) in [5, 5.41) is 5.70. The molecule has 1 aromatic heterocycles. The molecule has 0 aliphatic carbocycles. The minimum atomic E-state index is -0.556. The van der Waals surface area contributed by atoms with E-state index in [0.29, 0.717) is 23.8 Å². The zero-order chi connectivity index (χ0) is 22.9. The van der Waals surface area contributed by atoms with E-state index in [0.717, 1.165) is 28.4 Å². The number of ether oxygens (including phenoxy) is 1. The molecule has 33 heavy (non-hydrogen) atoms. The van der Waals surface area contributed by atoms with Gasteiger partial charge in [0.05, 0.1) is 13.0 Å². The lowest BCUT2D eigenvalue weighted by atomic mass is 10.1. The lowest BCUT2D eigenvalue weighted by Crippen LogP contribution is -2.27. The van der Waals surface area contributed by atoms with Crippen LogP contribution < -0.4 is 5.32 Å². The lowest BCUT2D eigenvalue weighted by molar-refractivity contribution is -0.128. The van der Waals surface area contributed by atoms with Crippen LogP contribution in [0.2, 0.25) is 5.02 Å². The number of fused-ring (bicyclic) bond motifs is 3. The quantitative estimate of drug-likeness (QED) is 0.407. The molecular formula is C26H24ClN3O3. The lowest BCUT2D eigenvalue weighted by Gasteiger charge is -2.17. The number of benzene rings is 3. The van der Waals surface area contributed by atoms with Gasteiger partial charge < -0.3 is 14.2 Å². The first-order valence-corrected chi connectivity index (χ1v) is 11.4. The molecule has 3 aromatic carbocycles. The van der Waals surface area contributed by atoms with Crippen LogP contribution in [-0.4, -0.2) is 34.1 Å². The Hall–Kier alpha value is -3.51. The molecule has 1 N–H and O–H groups in total. The summed E-state index contributed by atoms with van der Waals surface area (Å²) in [5.41, 5.74) is 3.93. The number of amides is 2. The van der Waals surface area contributed by atoms with Gasteiger partial charge >= 0.3 is 6.09 Å². The van der Waals surface area contributed by atoms with Crippen LogP contribution in [0.3, 0.4) is 0 Å². The summed E-state index contributed by atoms with van der Waals surface area (Å²) >= 11 is 5.93. The Kier molecular flexibility index (Phi) is 5.68. The molecule has 0 saturated carbocycles. The average Bonchev–Trinajstić information content (AvgIpc) is 3.31. The van der Waals surface area contributed by atoms with Gasteiger partial charge in [0.2, 0.25) is 5.91 Å². The Morgan fingerprint density at radius 2 is 1.82 bits per heavy atom. The number of carbonyl (C=O) groups excluding carboxylic acids is 2. The monoisotopic (exact) mass is 461 g/mol. The SMILES string of the molecule is CCn1c2ccccc2c2cc(NC(=O)OC3CC(=O)N(Cc4ccc(Cl)cc4)C3)ccc21. The van der Waals surface area contributed by atoms with Gasteiger partial charge in [0, 0.05) is 45.6 Å². The van der Waals surface area contributed by atoms with Crippen molar-refractivity contribution in [1.29, 1.82) is 0 Å². The van der Waals surface area contributed by atoms with Gasteiger partial charge in [-0.25, -0.2) is 4.79 Å². The van der Waals surface area contributed by atoms with Crippen LogP contribution in [0.5, 0.6) is 0 Å². The number of para-hydroxylation sites is 1. The number of rotatable bonds is 5. The molecule has 1 fully saturated rings. The normalized spacial score (nSPS) is 16.0. The van der Waals surface area contributed by atoms with Gasteiger partial charge in [0.15, 0.2) is 0 Å². The van der Waals surface area contributed by atoms with Gasteiger partial charge in [0.1, 0.15) is 6.10 Å². The van der Waals surface area contributed by atoms with E-state index >= 15 is 0 Å². The molecule has 1 unspecified atom stereocenters. The van der Waals surface area contributed by atoms with Crippen molar-refractivity contribution in [3.05, 3.63) is 77.3 Å². The molecule has 1 saturated heterocycles. The number of hydrogen-bond acceptors (Lipinski definition) is 3. The van der Waals surface area contributed by atoms with E-state index in [1.54, 1.807) is 17.0 Å². The molecule has 5 rings (SSSR count). The van der Waals surface area contributed by atoms with Crippen molar-refractivity contribution in [2.45, 2.75) is 32.5 Å². The number of halogens is 1. The Bertz CT molecular complexity index is 1350. The summed E-state index contributed by atoms with van der Waals surface area (Å²) in [6.45, 7) is 3.82. The van der Waals surface area contributed by atoms with E-state index in [-0.39, 0.29) is 12.3 Å². The number of anilines is 1. The van der Waals surface area contributed by atoms with Gasteiger partial charge in [0.25, 0.3) is 0 Å². The molecule has 0 bridgehead atoms. The van der Waals surface area contributed by atoms with Crippen LogP contribution in [0.25, 0.3) is 21.8 Å². The summed E-state index contributed by atoms with van der Waals surface area (Å²) in [6, 6.07) is 21.5. The molecule has 7 heteroatoms. The van der Waals surface area contributed by atoms with Crippen LogP contribution in [0, 0.1) is 0 Å². The highest BCUT2D eigenvalue weighted by Crippen LogP contribution is 2.31. The smallest absolute Gasteiger partial charge is 0.411 e. The molecule has 0 radical (unpaired) electrons. The third-order valence-corrected chi connectivity index (χ3v) is 6.33. The maximum atomic E-state index is 12.6. The maximum absolute atomic E-state index is 12.6. The highest BCUT2D eigenvalue weighted by Gasteiger charge is 2.32. The van der Waals surface area contributed by atoms with Gasteiger partial charge in [-0.2, -0.15) is 0 Å². The second-order valence-electron chi connectivity index (χ2n) is 8.25. The first kappa shape index (κ1) is 21.3. The van der Waals surface area contributed by atoms with E-state index in [1.807, 2.05) is 42.5 Å². The molecule has 4 aromatic rings. The minimum Gasteiger partial charge on any atom is -0.444 e. The van der Waals surface area contributed by atoms with Crippen LogP contribution in [0.15, 0.2) is 66.7 Å². The number of hydrogen-bond donors (Lipinski definition) is 1. The highest BCUT2D eigenvalue weighted by molar-refractivity contribution is 6.30. The van der Waals surface area contributed by atoms with E-state index in [9.17, 15) is 9.59 Å². The fourth-order valence-electron chi connectivity index (χ4n) is 4.55. The molecular weight excluding hydrogens is 438 g/mol. The van der Waals surface area contributed by atoms with Crippen LogP contribution in [-0.2, 0) is 22.6 Å². The molecule has 1 atom stereocenters. The van der Waals surface area contributed by atoms with Crippen LogP contribution in [0.1, 0.15) is 18.9 Å². The van der Waals surface area contributed by atoms with E-state index in [4.69, 9.17) is 16.3 Å². The molecule has 1 aliphatic rings. The topological polar surface area (TPSA) is 63.6 Å².